The molecule has 0 spiro atoms. The summed E-state index contributed by atoms with van der Waals surface area (Å²) in [5.41, 5.74) is 6.92. The van der Waals surface area contributed by atoms with Gasteiger partial charge >= 0.3 is 0 Å². The second-order valence-corrected chi connectivity index (χ2v) is 4.37. The van der Waals surface area contributed by atoms with Crippen molar-refractivity contribution in [1.29, 1.82) is 0 Å². The molecule has 0 heterocycles. The Morgan fingerprint density at radius 3 is 2.35 bits per heavy atom. The first-order valence-corrected chi connectivity index (χ1v) is 5.82. The van der Waals surface area contributed by atoms with E-state index in [-0.39, 0.29) is 12.4 Å². The van der Waals surface area contributed by atoms with Crippen molar-refractivity contribution in [2.75, 3.05) is 0 Å². The lowest BCUT2D eigenvalue weighted by Gasteiger charge is -2.09. The molecule has 4 heteroatoms. The highest BCUT2D eigenvalue weighted by molar-refractivity contribution is 6.43. The van der Waals surface area contributed by atoms with Gasteiger partial charge in [-0.1, -0.05) is 53.5 Å². The van der Waals surface area contributed by atoms with E-state index in [1.807, 2.05) is 0 Å². The number of halogens is 3. The highest BCUT2D eigenvalue weighted by Gasteiger charge is 2.13. The Labute approximate surface area is 109 Å². The van der Waals surface area contributed by atoms with Crippen LogP contribution in [0.5, 0.6) is 0 Å². The second kappa shape index (κ2) is 5.05. The summed E-state index contributed by atoms with van der Waals surface area (Å²) in [7, 11) is 0. The molecule has 0 saturated carbocycles. The third-order valence-electron chi connectivity index (χ3n) is 2.54. The molecule has 0 aliphatic carbocycles. The highest BCUT2D eigenvalue weighted by Crippen LogP contribution is 2.35. The summed E-state index contributed by atoms with van der Waals surface area (Å²) in [6.07, 6.45) is 0. The second-order valence-electron chi connectivity index (χ2n) is 3.58. The van der Waals surface area contributed by atoms with Crippen LogP contribution in [-0.2, 0) is 6.54 Å². The molecule has 0 unspecified atom stereocenters. The molecule has 0 aromatic heterocycles. The third kappa shape index (κ3) is 2.29. The molecule has 0 amide bonds. The lowest BCUT2D eigenvalue weighted by molar-refractivity contribution is 0.614. The van der Waals surface area contributed by atoms with Crippen molar-refractivity contribution in [2.24, 2.45) is 5.73 Å². The SMILES string of the molecule is NCc1cccc(-c2cccc(Cl)c2Cl)c1F. The van der Waals surface area contributed by atoms with Gasteiger partial charge in [-0.05, 0) is 6.07 Å². The molecule has 0 saturated heterocycles. The van der Waals surface area contributed by atoms with Crippen LogP contribution in [0, 0.1) is 5.82 Å². The van der Waals surface area contributed by atoms with Crippen LogP contribution in [0.15, 0.2) is 36.4 Å². The number of benzene rings is 2. The number of rotatable bonds is 2. The summed E-state index contributed by atoms with van der Waals surface area (Å²) >= 11 is 12.0. The predicted octanol–water partition coefficient (Wildman–Crippen LogP) is 4.26. The first kappa shape index (κ1) is 12.4. The average Bonchev–Trinajstić information content (AvgIpc) is 2.33. The zero-order valence-corrected chi connectivity index (χ0v) is 10.4. The molecule has 0 fully saturated rings. The normalized spacial score (nSPS) is 10.6. The van der Waals surface area contributed by atoms with Gasteiger partial charge in [0, 0.05) is 23.2 Å². The predicted molar refractivity (Wildman–Crippen MR) is 69.7 cm³/mol. The number of hydrogen-bond acceptors (Lipinski definition) is 1. The lowest BCUT2D eigenvalue weighted by Crippen LogP contribution is -2.01. The van der Waals surface area contributed by atoms with Crippen molar-refractivity contribution in [2.45, 2.75) is 6.54 Å². The minimum Gasteiger partial charge on any atom is -0.326 e. The van der Waals surface area contributed by atoms with Crippen molar-refractivity contribution < 1.29 is 4.39 Å². The van der Waals surface area contributed by atoms with Gasteiger partial charge in [-0.2, -0.15) is 0 Å². The van der Waals surface area contributed by atoms with Crippen LogP contribution in [0.3, 0.4) is 0 Å². The highest BCUT2D eigenvalue weighted by atomic mass is 35.5. The maximum absolute atomic E-state index is 14.1. The molecular weight excluding hydrogens is 260 g/mol. The van der Waals surface area contributed by atoms with Gasteiger partial charge in [-0.15, -0.1) is 0 Å². The molecule has 88 valence electrons. The van der Waals surface area contributed by atoms with Gasteiger partial charge < -0.3 is 5.73 Å². The first-order chi connectivity index (χ1) is 8.15. The van der Waals surface area contributed by atoms with E-state index in [2.05, 4.69) is 0 Å². The van der Waals surface area contributed by atoms with E-state index in [9.17, 15) is 4.39 Å². The molecule has 17 heavy (non-hydrogen) atoms. The Kier molecular flexibility index (Phi) is 3.67. The molecule has 1 nitrogen and oxygen atoms in total. The number of nitrogens with two attached hydrogens (primary N) is 1. The van der Waals surface area contributed by atoms with E-state index in [1.54, 1.807) is 36.4 Å². The summed E-state index contributed by atoms with van der Waals surface area (Å²) in [6, 6.07) is 10.2. The zero-order chi connectivity index (χ0) is 12.4. The smallest absolute Gasteiger partial charge is 0.135 e. The van der Waals surface area contributed by atoms with E-state index in [0.29, 0.717) is 26.7 Å². The Morgan fingerprint density at radius 1 is 1.00 bits per heavy atom. The lowest BCUT2D eigenvalue weighted by atomic mass is 10.0. The zero-order valence-electron chi connectivity index (χ0n) is 8.88. The fourth-order valence-corrected chi connectivity index (χ4v) is 2.06. The van der Waals surface area contributed by atoms with Gasteiger partial charge in [-0.3, -0.25) is 0 Å². The van der Waals surface area contributed by atoms with Gasteiger partial charge in [0.05, 0.1) is 10.0 Å². The molecule has 0 aliphatic heterocycles. The first-order valence-electron chi connectivity index (χ1n) is 5.07. The van der Waals surface area contributed by atoms with Gasteiger partial charge in [0.1, 0.15) is 5.82 Å². The fraction of sp³-hybridized carbons (Fsp3) is 0.0769. The van der Waals surface area contributed by atoms with Crippen LogP contribution >= 0.6 is 23.2 Å². The summed E-state index contributed by atoms with van der Waals surface area (Å²) in [4.78, 5) is 0. The Bertz CT molecular complexity index is 555. The topological polar surface area (TPSA) is 26.0 Å². The minimum absolute atomic E-state index is 0.151. The van der Waals surface area contributed by atoms with Crippen molar-refractivity contribution >= 4 is 23.2 Å². The summed E-state index contributed by atoms with van der Waals surface area (Å²) in [5.74, 6) is -0.348. The Hall–Kier alpha value is -1.09. The molecule has 0 atom stereocenters. The van der Waals surface area contributed by atoms with Crippen molar-refractivity contribution in [3.05, 3.63) is 57.8 Å². The van der Waals surface area contributed by atoms with Gasteiger partial charge in [-0.25, -0.2) is 4.39 Å². The molecule has 2 aromatic carbocycles. The van der Waals surface area contributed by atoms with Crippen molar-refractivity contribution in [1.82, 2.24) is 0 Å². The monoisotopic (exact) mass is 269 g/mol. The largest absolute Gasteiger partial charge is 0.326 e. The van der Waals surface area contributed by atoms with E-state index in [4.69, 9.17) is 28.9 Å². The Balaban J connectivity index is 2.65. The van der Waals surface area contributed by atoms with Gasteiger partial charge in [0.25, 0.3) is 0 Å². The molecule has 2 rings (SSSR count). The van der Waals surface area contributed by atoms with Gasteiger partial charge in [0.2, 0.25) is 0 Å². The van der Waals surface area contributed by atoms with Crippen LogP contribution in [-0.4, -0.2) is 0 Å². The summed E-state index contributed by atoms with van der Waals surface area (Å²) in [5, 5.41) is 0.754. The van der Waals surface area contributed by atoms with E-state index < -0.39 is 0 Å². The van der Waals surface area contributed by atoms with Crippen LogP contribution in [0.2, 0.25) is 10.0 Å². The summed E-state index contributed by atoms with van der Waals surface area (Å²) < 4.78 is 14.1. The van der Waals surface area contributed by atoms with Crippen LogP contribution in [0.25, 0.3) is 11.1 Å². The third-order valence-corrected chi connectivity index (χ3v) is 3.36. The quantitative estimate of drug-likeness (QED) is 0.866. The molecule has 2 N–H and O–H groups in total. The van der Waals surface area contributed by atoms with Crippen LogP contribution < -0.4 is 5.73 Å². The van der Waals surface area contributed by atoms with Crippen LogP contribution in [0.1, 0.15) is 5.56 Å². The maximum atomic E-state index is 14.1. The van der Waals surface area contributed by atoms with E-state index >= 15 is 0 Å². The molecule has 0 aliphatic rings. The fourth-order valence-electron chi connectivity index (χ4n) is 1.66. The summed E-state index contributed by atoms with van der Waals surface area (Å²) in [6.45, 7) is 0.151. The van der Waals surface area contributed by atoms with Gasteiger partial charge in [0.15, 0.2) is 0 Å². The standard InChI is InChI=1S/C13H10Cl2FN/c14-11-6-2-4-9(12(11)15)10-5-1-3-8(7-17)13(10)16/h1-6H,7,17H2. The molecule has 2 aromatic rings. The number of hydrogen-bond donors (Lipinski definition) is 1. The van der Waals surface area contributed by atoms with Crippen molar-refractivity contribution in [3.8, 4) is 11.1 Å². The minimum atomic E-state index is -0.348. The average molecular weight is 270 g/mol. The van der Waals surface area contributed by atoms with E-state index in [1.165, 1.54) is 0 Å². The molecular formula is C13H10Cl2FN. The Morgan fingerprint density at radius 2 is 1.65 bits per heavy atom. The van der Waals surface area contributed by atoms with Crippen LogP contribution in [0.4, 0.5) is 4.39 Å². The maximum Gasteiger partial charge on any atom is 0.135 e. The van der Waals surface area contributed by atoms with E-state index in [0.717, 1.165) is 0 Å². The van der Waals surface area contributed by atoms with Crippen molar-refractivity contribution in [3.63, 3.8) is 0 Å². The molecule has 0 radical (unpaired) electrons. The molecule has 0 bridgehead atoms.